The fourth-order valence-electron chi connectivity index (χ4n) is 6.88. The number of guanidine groups is 3. The summed E-state index contributed by atoms with van der Waals surface area (Å²) in [6.07, 6.45) is -3.49. The molecule has 0 radical (unpaired) electrons. The number of nitrogens with two attached hydrogens (primary N) is 16. The van der Waals surface area contributed by atoms with Crippen molar-refractivity contribution in [1.29, 1.82) is 0.194 Å². The molecule has 0 fully saturated rings. The standard InChI is InChI=1S/3C16H28N8O7.C4H6O4.4ClH.4H2N.N.2Pt.S.U.H/c3*17-10(25)6-9(24-11(26)3-4-13(28)29)15(31)22-7-12(27)23-8(14(18)30)2-1-5-21-16(19)20;5-3(6)1-2-4(7)8;;;;;;;;;;;;;;/h3*8-9H,1-7H2,(H2,17,25)(H2,18,30)(H,22,31)(H,23,27)(H,24,26)(H,28,29)(H4,19,20,21);1-2H2,(H,5,6)(H,7,8);4*1H;4*1H2;;;;;;/q;;;;;;;;5*-1;2*+4;;;/p-4/i;;;;;;;;;;;;;;;;;1+1. The average molecular weight is 2330 g/mol. The Labute approximate surface area is 699 Å². The molecule has 0 aliphatic carbocycles. The normalized spacial score (nSPS) is 11.0. The maximum absolute atomic E-state index is 12.2. The van der Waals surface area contributed by atoms with Crippen LogP contribution in [-0.4, -0.2) is 238 Å². The number of hydrogen-bond donors (Lipinski definition) is 26. The van der Waals surface area contributed by atoms with Crippen LogP contribution in [0, 0.1) is 25.1 Å². The molecule has 0 aliphatic heterocycles. The summed E-state index contributed by atoms with van der Waals surface area (Å²) in [4.78, 5) is 237. The van der Waals surface area contributed by atoms with Gasteiger partial charge in [0.2, 0.25) is 88.6 Å². The first-order chi connectivity index (χ1) is 51.4. The van der Waals surface area contributed by atoms with E-state index in [-0.39, 0.29) is 94.2 Å². The van der Waals surface area contributed by atoms with Gasteiger partial charge in [-0.1, -0.05) is 0 Å². The molecule has 0 aromatic rings. The van der Waals surface area contributed by atoms with Gasteiger partial charge in [-0.15, -0.1) is 0 Å². The molecule has 6 unspecified atom stereocenters. The van der Waals surface area contributed by atoms with Crippen molar-refractivity contribution in [2.45, 2.75) is 145 Å². The van der Waals surface area contributed by atoms with E-state index in [1.807, 2.05) is 0 Å². The minimum atomic E-state index is -2.89. The molecule has 0 saturated heterocycles. The van der Waals surface area contributed by atoms with Crippen molar-refractivity contribution in [3.05, 3.63) is 27.3 Å². The van der Waals surface area contributed by atoms with E-state index in [0.29, 0.717) is 19.3 Å². The number of halogens is 4. The molecule has 0 aromatic carbocycles. The summed E-state index contributed by atoms with van der Waals surface area (Å²) in [6, 6.07) is -7.31. The van der Waals surface area contributed by atoms with Gasteiger partial charge in [0, 0.05) is 38.9 Å². The van der Waals surface area contributed by atoms with Crippen LogP contribution >= 0.6 is 45.6 Å². The minimum Gasteiger partial charge on any atom is -0.693 e. The minimum absolute atomic E-state index is 0. The number of carboxylic acid groups (broad SMARTS) is 5. The van der Waals surface area contributed by atoms with Crippen molar-refractivity contribution in [1.82, 2.24) is 47.9 Å². The van der Waals surface area contributed by atoms with Crippen LogP contribution in [0.15, 0.2) is 15.0 Å². The molecule has 15 amide bonds. The molecule has 0 spiro atoms. The average Bonchev–Trinajstić information content (AvgIpc) is 0.913. The van der Waals surface area contributed by atoms with E-state index in [2.05, 4.69) is 70.7 Å². The Morgan fingerprint density at radius 3 is 0.667 bits per heavy atom. The molecular weight excluding hydrogens is 2230 g/mol. The van der Waals surface area contributed by atoms with Crippen LogP contribution in [0.1, 0.15) is 109 Å². The fourth-order valence-corrected chi connectivity index (χ4v) is 6.88. The number of carbonyl (C=O) groups is 20. The van der Waals surface area contributed by atoms with E-state index >= 15 is 0 Å². The Hall–Kier alpha value is -9.34. The molecule has 0 bridgehead atoms. The second kappa shape index (κ2) is 81.7. The number of aliphatic carboxylic acids is 5. The molecule has 6 atom stereocenters. The molecule has 0 aliphatic rings. The molecule has 0 saturated carbocycles. The van der Waals surface area contributed by atoms with Crippen LogP contribution in [0.4, 0.5) is 0 Å². The Morgan fingerprint density at radius 1 is 0.351 bits per heavy atom. The van der Waals surface area contributed by atoms with Crippen LogP contribution < -0.4 is 117 Å². The maximum atomic E-state index is 12.2. The number of amides is 15. The van der Waals surface area contributed by atoms with Gasteiger partial charge < -0.3 is 167 Å². The van der Waals surface area contributed by atoms with Gasteiger partial charge in [-0.3, -0.25) is 111 Å². The monoisotopic (exact) mass is 2330 g/mol. The summed E-state index contributed by atoms with van der Waals surface area (Å²) in [6.45, 7) is -1.11. The summed E-state index contributed by atoms with van der Waals surface area (Å²) in [5.74, 6) is -18.6. The predicted molar refractivity (Wildman–Crippen MR) is 401 cm³/mol. The van der Waals surface area contributed by atoms with Crippen LogP contribution in [0.2, 0.25) is 0 Å². The number of rotatable bonds is 48. The van der Waals surface area contributed by atoms with Crippen LogP contribution in [-0.2, 0) is 129 Å². The molecule has 661 valence electrons. The molecule has 54 nitrogen and oxygen atoms in total. The summed E-state index contributed by atoms with van der Waals surface area (Å²) >= 11 is -3.84. The van der Waals surface area contributed by atoms with Gasteiger partial charge in [0.25, 0.3) is 0 Å². The van der Waals surface area contributed by atoms with E-state index in [4.69, 9.17) is 135 Å². The zero-order valence-corrected chi connectivity index (χ0v) is 72.8. The van der Waals surface area contributed by atoms with Gasteiger partial charge in [-0.05, 0) is 38.5 Å². The van der Waals surface area contributed by atoms with Crippen molar-refractivity contribution in [3.8, 4) is 0 Å². The van der Waals surface area contributed by atoms with Gasteiger partial charge in [0.05, 0.1) is 71.0 Å². The Kier molecular flexibility index (Phi) is 89.9. The third-order valence-corrected chi connectivity index (χ3v) is 11.6. The summed E-state index contributed by atoms with van der Waals surface area (Å²) in [7, 11) is 23.6. The van der Waals surface area contributed by atoms with Crippen molar-refractivity contribution in [2.75, 3.05) is 39.3 Å². The van der Waals surface area contributed by atoms with E-state index in [1.165, 1.54) is 0 Å². The first kappa shape index (κ1) is 126. The van der Waals surface area contributed by atoms with Gasteiger partial charge in [0.15, 0.2) is 17.9 Å². The number of carboxylic acids is 5. The number of hydrogen-bond acceptors (Lipinski definition) is 24. The topological polar surface area (TPSA) is 1060 Å². The van der Waals surface area contributed by atoms with Crippen molar-refractivity contribution >= 4 is 182 Å². The van der Waals surface area contributed by atoms with Crippen LogP contribution in [0.3, 0.4) is 0 Å². The third kappa shape index (κ3) is 93.3. The van der Waals surface area contributed by atoms with Gasteiger partial charge in [0.1, 0.15) is 36.3 Å². The summed E-state index contributed by atoms with van der Waals surface area (Å²) < 4.78 is 13.9. The Balaban J connectivity index is -0.000000139. The molecule has 46 N–H and O–H groups in total. The largest absolute Gasteiger partial charge is 0.693 e. The molecule has 114 heavy (non-hydrogen) atoms. The zero-order valence-electron chi connectivity index (χ0n) is 61.2. The molecule has 0 aromatic heterocycles. The zero-order chi connectivity index (χ0) is 87.5. The number of carbonyl (C=O) groups excluding carboxylic acids is 15. The first-order valence-electron chi connectivity index (χ1n) is 30.9. The van der Waals surface area contributed by atoms with Gasteiger partial charge >= 0.3 is 136 Å². The first-order valence-corrected chi connectivity index (χ1v) is 49.0. The number of aliphatic imine (C=N–C) groups is 3. The maximum Gasteiger partial charge on any atom is -0.693 e. The quantitative estimate of drug-likeness (QED) is 0.0153. The van der Waals surface area contributed by atoms with E-state index in [9.17, 15) is 95.9 Å². The number of nitrogens with zero attached hydrogens (tertiary/aromatic N) is 4. The SMILES string of the molecule is NC(=O)CC(NC(=O)CCC(=O)O)C(=O)NCC(=O)NC(CCCN=C(N)N)C(N)=O.NC(=O)CC(NC(=O)CCC(=O)O)C(=O)NCC(=O)NC(CCCN=C(N)N)C(N)=O.NC(=O)CC(NC(=O)CCC(=O)O)C(=O)NCC(=O)NC(CCCN=C(N)N)C(N)=O.O=C(O)CCC(=O)O.[2H][U](=[N-])=[S].[Cl][Pt+2][Cl].[Cl][Pt+2][Cl].[NH2-].[NH2-].[NH2-].[NH2-]. The molecule has 0 rings (SSSR count). The Bertz CT molecular complexity index is 2960. The number of primary amides is 6. The number of nitrogens with one attached hydrogen (secondary N) is 9. The molecule has 62 heteroatoms. The smallest absolute Gasteiger partial charge is 0.693 e. The van der Waals surface area contributed by atoms with Gasteiger partial charge in [-0.25, -0.2) is 0 Å². The van der Waals surface area contributed by atoms with Crippen molar-refractivity contribution in [3.63, 3.8) is 0 Å². The molecule has 0 heterocycles. The van der Waals surface area contributed by atoms with Crippen molar-refractivity contribution in [2.24, 2.45) is 83.8 Å². The second-order valence-corrected chi connectivity index (χ2v) is 29.6. The summed E-state index contributed by atoms with van der Waals surface area (Å²) in [5, 5.41) is 61.6. The van der Waals surface area contributed by atoms with Crippen LogP contribution in [0.5, 0.6) is 0 Å². The predicted octanol–water partition coefficient (Wildman–Crippen LogP) is -7.72. The Morgan fingerprint density at radius 2 is 0.518 bits per heavy atom. The fraction of sp³-hybridized carbons (Fsp3) is 0.558. The van der Waals surface area contributed by atoms with E-state index < -0.39 is 290 Å². The van der Waals surface area contributed by atoms with Crippen molar-refractivity contribution < 1.29 is 179 Å². The van der Waals surface area contributed by atoms with E-state index in [0.717, 1.165) is 0 Å². The van der Waals surface area contributed by atoms with Crippen LogP contribution in [0.25, 0.3) is 27.3 Å². The second-order valence-electron chi connectivity index (χ2n) is 20.6. The molecular formula is C52H99Cl4N29O25Pt2SU-. The summed E-state index contributed by atoms with van der Waals surface area (Å²) in [5.41, 5.74) is 61.9. The van der Waals surface area contributed by atoms with E-state index in [1.54, 1.807) is 0 Å². The third-order valence-electron chi connectivity index (χ3n) is 11.6. The van der Waals surface area contributed by atoms with Gasteiger partial charge in [-0.2, -0.15) is 0 Å².